The average molecular weight is 275 g/mol. The first-order chi connectivity index (χ1) is 9.60. The monoisotopic (exact) mass is 275 g/mol. The fourth-order valence-corrected chi connectivity index (χ4v) is 2.02. The third kappa shape index (κ3) is 3.39. The number of para-hydroxylation sites is 1. The Hall–Kier alpha value is -2.27. The molecule has 106 valence electrons. The quantitative estimate of drug-likeness (QED) is 0.878. The summed E-state index contributed by atoms with van der Waals surface area (Å²) in [6, 6.07) is 10.9. The zero-order valence-corrected chi connectivity index (χ0v) is 11.5. The first-order valence-electron chi connectivity index (χ1n) is 6.22. The summed E-state index contributed by atoms with van der Waals surface area (Å²) in [5.74, 6) is 0.374. The number of rotatable bonds is 6. The van der Waals surface area contributed by atoms with E-state index >= 15 is 0 Å². The van der Waals surface area contributed by atoms with E-state index in [0.29, 0.717) is 18.8 Å². The third-order valence-corrected chi connectivity index (χ3v) is 2.93. The van der Waals surface area contributed by atoms with Crippen LogP contribution in [0.4, 0.5) is 0 Å². The first-order valence-corrected chi connectivity index (χ1v) is 6.22. The molecule has 2 rings (SSSR count). The van der Waals surface area contributed by atoms with Crippen LogP contribution in [0.25, 0.3) is 0 Å². The molecule has 1 N–H and O–H groups in total. The van der Waals surface area contributed by atoms with Crippen molar-refractivity contribution >= 4 is 5.97 Å². The number of ether oxygens (including phenoxy) is 1. The van der Waals surface area contributed by atoms with Gasteiger partial charge < -0.3 is 14.3 Å². The summed E-state index contributed by atoms with van der Waals surface area (Å²) in [4.78, 5) is 12.8. The average Bonchev–Trinajstić information content (AvgIpc) is 2.88. The Kier molecular flexibility index (Phi) is 4.42. The van der Waals surface area contributed by atoms with Crippen LogP contribution in [-0.4, -0.2) is 30.1 Å². The minimum Gasteiger partial charge on any atom is -0.496 e. The lowest BCUT2D eigenvalue weighted by Crippen LogP contribution is -2.17. The lowest BCUT2D eigenvalue weighted by molar-refractivity contribution is 0.0658. The Bertz CT molecular complexity index is 591. The summed E-state index contributed by atoms with van der Waals surface area (Å²) < 4.78 is 10.5. The second-order valence-electron chi connectivity index (χ2n) is 4.56. The fourth-order valence-electron chi connectivity index (χ4n) is 2.02. The van der Waals surface area contributed by atoms with Crippen molar-refractivity contribution in [2.45, 2.75) is 13.1 Å². The predicted octanol–water partition coefficient (Wildman–Crippen LogP) is 2.62. The van der Waals surface area contributed by atoms with Crippen molar-refractivity contribution in [1.29, 1.82) is 0 Å². The van der Waals surface area contributed by atoms with Gasteiger partial charge in [-0.15, -0.1) is 0 Å². The van der Waals surface area contributed by atoms with Gasteiger partial charge in [0.05, 0.1) is 13.7 Å². The Morgan fingerprint density at radius 2 is 2.00 bits per heavy atom. The molecule has 1 aromatic carbocycles. The van der Waals surface area contributed by atoms with Crippen LogP contribution in [0.2, 0.25) is 0 Å². The molecule has 0 spiro atoms. The molecule has 5 nitrogen and oxygen atoms in total. The highest BCUT2D eigenvalue weighted by atomic mass is 16.5. The normalized spacial score (nSPS) is 10.8. The molecular weight excluding hydrogens is 258 g/mol. The van der Waals surface area contributed by atoms with Crippen molar-refractivity contribution in [1.82, 2.24) is 4.90 Å². The topological polar surface area (TPSA) is 62.9 Å². The molecule has 0 saturated heterocycles. The number of hydrogen-bond acceptors (Lipinski definition) is 4. The minimum absolute atomic E-state index is 0.0364. The number of carboxylic acids is 1. The minimum atomic E-state index is -1.05. The van der Waals surface area contributed by atoms with Crippen molar-refractivity contribution in [3.8, 4) is 5.75 Å². The lowest BCUT2D eigenvalue weighted by Gasteiger charge is -2.17. The number of furan rings is 1. The summed E-state index contributed by atoms with van der Waals surface area (Å²) in [7, 11) is 3.58. The van der Waals surface area contributed by atoms with Crippen molar-refractivity contribution in [2.75, 3.05) is 14.2 Å². The van der Waals surface area contributed by atoms with Crippen LogP contribution >= 0.6 is 0 Å². The van der Waals surface area contributed by atoms with Crippen LogP contribution in [-0.2, 0) is 13.1 Å². The number of methoxy groups -OCH3 is 1. The second kappa shape index (κ2) is 6.25. The van der Waals surface area contributed by atoms with E-state index < -0.39 is 5.97 Å². The molecule has 0 fully saturated rings. The van der Waals surface area contributed by atoms with Crippen LogP contribution in [0.1, 0.15) is 21.9 Å². The summed E-state index contributed by atoms with van der Waals surface area (Å²) in [6.45, 7) is 1.22. The fraction of sp³-hybridized carbons (Fsp3) is 0.267. The van der Waals surface area contributed by atoms with E-state index in [1.165, 1.54) is 6.07 Å². The highest BCUT2D eigenvalue weighted by Crippen LogP contribution is 2.20. The van der Waals surface area contributed by atoms with Crippen LogP contribution < -0.4 is 4.74 Å². The van der Waals surface area contributed by atoms with Gasteiger partial charge in [-0.25, -0.2) is 4.79 Å². The van der Waals surface area contributed by atoms with Crippen LogP contribution in [0.5, 0.6) is 5.75 Å². The Balaban J connectivity index is 2.01. The van der Waals surface area contributed by atoms with Crippen molar-refractivity contribution in [2.24, 2.45) is 0 Å². The molecule has 0 aliphatic carbocycles. The van der Waals surface area contributed by atoms with Gasteiger partial charge in [0.2, 0.25) is 5.76 Å². The molecule has 0 unspecified atom stereocenters. The predicted molar refractivity (Wildman–Crippen MR) is 73.8 cm³/mol. The number of carboxylic acid groups (broad SMARTS) is 1. The number of aromatic carboxylic acids is 1. The van der Waals surface area contributed by atoms with Crippen LogP contribution in [0.3, 0.4) is 0 Å². The molecule has 1 heterocycles. The molecule has 0 atom stereocenters. The molecular formula is C15H17NO4. The van der Waals surface area contributed by atoms with Gasteiger partial charge in [0.1, 0.15) is 11.5 Å². The number of hydrogen-bond donors (Lipinski definition) is 1. The molecule has 1 aromatic heterocycles. The number of benzene rings is 1. The van der Waals surface area contributed by atoms with E-state index in [-0.39, 0.29) is 5.76 Å². The lowest BCUT2D eigenvalue weighted by atomic mass is 10.2. The van der Waals surface area contributed by atoms with E-state index in [1.807, 2.05) is 36.2 Å². The van der Waals surface area contributed by atoms with E-state index in [1.54, 1.807) is 13.2 Å². The Morgan fingerprint density at radius 3 is 2.65 bits per heavy atom. The highest BCUT2D eigenvalue weighted by molar-refractivity contribution is 5.84. The molecule has 0 bridgehead atoms. The zero-order valence-electron chi connectivity index (χ0n) is 11.5. The van der Waals surface area contributed by atoms with E-state index in [9.17, 15) is 4.79 Å². The zero-order chi connectivity index (χ0) is 14.5. The smallest absolute Gasteiger partial charge is 0.371 e. The summed E-state index contributed by atoms with van der Waals surface area (Å²) in [6.07, 6.45) is 0. The standard InChI is InChI=1S/C15H17NO4/c1-16(9-11-5-3-4-6-13(11)19-2)10-12-7-8-14(20-12)15(17)18/h3-8H,9-10H2,1-2H3,(H,17,18). The van der Waals surface area contributed by atoms with E-state index in [2.05, 4.69) is 0 Å². The van der Waals surface area contributed by atoms with Gasteiger partial charge >= 0.3 is 5.97 Å². The largest absolute Gasteiger partial charge is 0.496 e. The summed E-state index contributed by atoms with van der Waals surface area (Å²) in [5, 5.41) is 8.81. The maximum absolute atomic E-state index is 10.8. The van der Waals surface area contributed by atoms with Gasteiger partial charge in [0.15, 0.2) is 0 Å². The van der Waals surface area contributed by atoms with Crippen LogP contribution in [0.15, 0.2) is 40.8 Å². The molecule has 0 saturated carbocycles. The SMILES string of the molecule is COc1ccccc1CN(C)Cc1ccc(C(=O)O)o1. The van der Waals surface area contributed by atoms with E-state index in [0.717, 1.165) is 11.3 Å². The van der Waals surface area contributed by atoms with Crippen molar-refractivity contribution < 1.29 is 19.1 Å². The highest BCUT2D eigenvalue weighted by Gasteiger charge is 2.11. The van der Waals surface area contributed by atoms with E-state index in [4.69, 9.17) is 14.3 Å². The Morgan fingerprint density at radius 1 is 1.25 bits per heavy atom. The van der Waals surface area contributed by atoms with Crippen LogP contribution in [0, 0.1) is 0 Å². The second-order valence-corrected chi connectivity index (χ2v) is 4.56. The number of carbonyl (C=O) groups is 1. The van der Waals surface area contributed by atoms with Crippen molar-refractivity contribution in [3.05, 3.63) is 53.5 Å². The molecule has 5 heteroatoms. The molecule has 0 amide bonds. The summed E-state index contributed by atoms with van der Waals surface area (Å²) >= 11 is 0. The Labute approximate surface area is 117 Å². The van der Waals surface area contributed by atoms with Crippen molar-refractivity contribution in [3.63, 3.8) is 0 Å². The third-order valence-electron chi connectivity index (χ3n) is 2.93. The summed E-state index contributed by atoms with van der Waals surface area (Å²) in [5.41, 5.74) is 1.07. The number of nitrogens with zero attached hydrogens (tertiary/aromatic N) is 1. The maximum Gasteiger partial charge on any atom is 0.371 e. The van der Waals surface area contributed by atoms with Gasteiger partial charge in [-0.2, -0.15) is 0 Å². The van der Waals surface area contributed by atoms with Gasteiger partial charge in [-0.05, 0) is 25.2 Å². The first kappa shape index (κ1) is 14.1. The maximum atomic E-state index is 10.8. The van der Waals surface area contributed by atoms with Gasteiger partial charge in [0, 0.05) is 12.1 Å². The molecule has 0 aliphatic rings. The molecule has 20 heavy (non-hydrogen) atoms. The van der Waals surface area contributed by atoms with Gasteiger partial charge in [-0.3, -0.25) is 4.90 Å². The van der Waals surface area contributed by atoms with Gasteiger partial charge in [-0.1, -0.05) is 18.2 Å². The molecule has 0 radical (unpaired) electrons. The molecule has 0 aliphatic heterocycles. The van der Waals surface area contributed by atoms with Gasteiger partial charge in [0.25, 0.3) is 0 Å². The molecule has 2 aromatic rings.